The molecular formula is C13H18ClN. The zero-order chi connectivity index (χ0) is 10.1. The summed E-state index contributed by atoms with van der Waals surface area (Å²) in [6.07, 6.45) is 5.28. The molecule has 0 heterocycles. The Morgan fingerprint density at radius 1 is 1.13 bits per heavy atom. The van der Waals surface area contributed by atoms with E-state index in [4.69, 9.17) is 5.73 Å². The molecule has 15 heavy (non-hydrogen) atoms. The first-order valence-corrected chi connectivity index (χ1v) is 5.35. The van der Waals surface area contributed by atoms with Crippen LogP contribution in [-0.4, -0.2) is 0 Å². The van der Waals surface area contributed by atoms with E-state index in [9.17, 15) is 0 Å². The second-order valence-corrected chi connectivity index (χ2v) is 3.92. The molecule has 0 fully saturated rings. The fraction of sp³-hybridized carbons (Fsp3) is 0.385. The number of aryl methyl sites for hydroxylation is 2. The van der Waals surface area contributed by atoms with Gasteiger partial charge in [-0.25, -0.2) is 0 Å². The van der Waals surface area contributed by atoms with Gasteiger partial charge in [0.2, 0.25) is 0 Å². The molecule has 0 amide bonds. The summed E-state index contributed by atoms with van der Waals surface area (Å²) >= 11 is 0. The minimum absolute atomic E-state index is 0. The van der Waals surface area contributed by atoms with Gasteiger partial charge in [0.15, 0.2) is 0 Å². The van der Waals surface area contributed by atoms with Crippen molar-refractivity contribution in [2.75, 3.05) is 0 Å². The van der Waals surface area contributed by atoms with Crippen molar-refractivity contribution in [2.45, 2.75) is 33.1 Å². The Hall–Kier alpha value is -0.950. The molecule has 0 atom stereocenters. The monoisotopic (exact) mass is 223 g/mol. The molecule has 2 heteroatoms. The lowest BCUT2D eigenvalue weighted by Crippen LogP contribution is -1.97. The van der Waals surface area contributed by atoms with Gasteiger partial charge in [0.1, 0.15) is 0 Å². The van der Waals surface area contributed by atoms with Gasteiger partial charge in [-0.05, 0) is 41.2 Å². The summed E-state index contributed by atoms with van der Waals surface area (Å²) in [6, 6.07) is 4.62. The van der Waals surface area contributed by atoms with Crippen molar-refractivity contribution in [3.63, 3.8) is 0 Å². The second kappa shape index (κ2) is 4.71. The Kier molecular flexibility index (Phi) is 3.81. The SMILES string of the molecule is CCc1cc2c(cc1CC)CC(N)=C2.Cl. The van der Waals surface area contributed by atoms with Gasteiger partial charge in [-0.2, -0.15) is 0 Å². The maximum Gasteiger partial charge on any atom is 0.0131 e. The predicted molar refractivity (Wildman–Crippen MR) is 68.3 cm³/mol. The minimum Gasteiger partial charge on any atom is -0.402 e. The van der Waals surface area contributed by atoms with Gasteiger partial charge >= 0.3 is 0 Å². The molecule has 0 radical (unpaired) electrons. The van der Waals surface area contributed by atoms with E-state index in [-0.39, 0.29) is 12.4 Å². The summed E-state index contributed by atoms with van der Waals surface area (Å²) in [4.78, 5) is 0. The predicted octanol–water partition coefficient (Wildman–Crippen LogP) is 3.09. The second-order valence-electron chi connectivity index (χ2n) is 3.92. The number of nitrogens with two attached hydrogens (primary N) is 1. The normalized spacial score (nSPS) is 13.1. The van der Waals surface area contributed by atoms with Crippen molar-refractivity contribution in [3.8, 4) is 0 Å². The first-order valence-electron chi connectivity index (χ1n) is 5.35. The molecule has 1 aliphatic rings. The average Bonchev–Trinajstić information content (AvgIpc) is 2.54. The van der Waals surface area contributed by atoms with E-state index < -0.39 is 0 Å². The van der Waals surface area contributed by atoms with Crippen LogP contribution in [0.15, 0.2) is 17.8 Å². The highest BCUT2D eigenvalue weighted by atomic mass is 35.5. The van der Waals surface area contributed by atoms with E-state index in [2.05, 4.69) is 32.1 Å². The van der Waals surface area contributed by atoms with E-state index in [0.717, 1.165) is 25.0 Å². The Bertz CT molecular complexity index is 394. The molecule has 1 aromatic carbocycles. The summed E-state index contributed by atoms with van der Waals surface area (Å²) in [5.74, 6) is 0. The van der Waals surface area contributed by atoms with Crippen LogP contribution in [0.3, 0.4) is 0 Å². The van der Waals surface area contributed by atoms with Gasteiger partial charge in [0, 0.05) is 12.1 Å². The number of rotatable bonds is 2. The molecular weight excluding hydrogens is 206 g/mol. The lowest BCUT2D eigenvalue weighted by Gasteiger charge is -2.08. The highest BCUT2D eigenvalue weighted by Gasteiger charge is 2.12. The van der Waals surface area contributed by atoms with E-state index in [0.29, 0.717) is 0 Å². The Balaban J connectivity index is 0.00000112. The van der Waals surface area contributed by atoms with Crippen LogP contribution in [0.4, 0.5) is 0 Å². The topological polar surface area (TPSA) is 26.0 Å². The van der Waals surface area contributed by atoms with E-state index in [1.807, 2.05) is 0 Å². The molecule has 0 bridgehead atoms. The minimum atomic E-state index is 0. The number of fused-ring (bicyclic) bond motifs is 1. The third-order valence-corrected chi connectivity index (χ3v) is 2.96. The molecule has 0 saturated heterocycles. The van der Waals surface area contributed by atoms with Crippen molar-refractivity contribution >= 4 is 18.5 Å². The smallest absolute Gasteiger partial charge is 0.0131 e. The first-order chi connectivity index (χ1) is 6.74. The van der Waals surface area contributed by atoms with Gasteiger partial charge < -0.3 is 5.73 Å². The average molecular weight is 224 g/mol. The lowest BCUT2D eigenvalue weighted by molar-refractivity contribution is 1.02. The standard InChI is InChI=1S/C13H17N.ClH/c1-3-9-5-11-7-13(14)8-12(11)6-10(9)4-2;/h5-7H,3-4,8,14H2,1-2H3;1H. The van der Waals surface area contributed by atoms with Crippen LogP contribution in [0, 0.1) is 0 Å². The zero-order valence-corrected chi connectivity index (χ0v) is 10.2. The van der Waals surface area contributed by atoms with Crippen LogP contribution in [0.5, 0.6) is 0 Å². The molecule has 0 saturated carbocycles. The molecule has 1 aromatic rings. The van der Waals surface area contributed by atoms with Crippen LogP contribution < -0.4 is 5.73 Å². The first kappa shape index (κ1) is 12.1. The van der Waals surface area contributed by atoms with Crippen molar-refractivity contribution in [3.05, 3.63) is 40.1 Å². The lowest BCUT2D eigenvalue weighted by atomic mass is 9.97. The zero-order valence-electron chi connectivity index (χ0n) is 9.34. The maximum absolute atomic E-state index is 5.83. The largest absolute Gasteiger partial charge is 0.402 e. The van der Waals surface area contributed by atoms with Gasteiger partial charge in [0.05, 0.1) is 0 Å². The Morgan fingerprint density at radius 2 is 1.73 bits per heavy atom. The number of benzene rings is 1. The van der Waals surface area contributed by atoms with Crippen molar-refractivity contribution < 1.29 is 0 Å². The van der Waals surface area contributed by atoms with Crippen LogP contribution >= 0.6 is 12.4 Å². The molecule has 2 rings (SSSR count). The summed E-state index contributed by atoms with van der Waals surface area (Å²) in [7, 11) is 0. The summed E-state index contributed by atoms with van der Waals surface area (Å²) in [5.41, 5.74) is 12.5. The van der Waals surface area contributed by atoms with E-state index in [1.54, 1.807) is 0 Å². The third kappa shape index (κ3) is 2.18. The molecule has 0 spiro atoms. The number of hydrogen-bond donors (Lipinski definition) is 1. The van der Waals surface area contributed by atoms with Gasteiger partial charge in [-0.15, -0.1) is 12.4 Å². The third-order valence-electron chi connectivity index (χ3n) is 2.96. The van der Waals surface area contributed by atoms with Gasteiger partial charge in [-0.1, -0.05) is 26.0 Å². The van der Waals surface area contributed by atoms with Crippen molar-refractivity contribution in [1.29, 1.82) is 0 Å². The maximum atomic E-state index is 5.83. The molecule has 0 unspecified atom stereocenters. The van der Waals surface area contributed by atoms with E-state index in [1.165, 1.54) is 22.3 Å². The molecule has 0 aromatic heterocycles. The number of hydrogen-bond acceptors (Lipinski definition) is 1. The van der Waals surface area contributed by atoms with Crippen LogP contribution in [0.2, 0.25) is 0 Å². The van der Waals surface area contributed by atoms with Crippen LogP contribution in [0.1, 0.15) is 36.1 Å². The molecule has 0 aliphatic heterocycles. The highest BCUT2D eigenvalue weighted by Crippen LogP contribution is 2.26. The Morgan fingerprint density at radius 3 is 2.33 bits per heavy atom. The van der Waals surface area contributed by atoms with Crippen LogP contribution in [-0.2, 0) is 19.3 Å². The summed E-state index contributed by atoms with van der Waals surface area (Å²) in [5, 5.41) is 0. The highest BCUT2D eigenvalue weighted by molar-refractivity contribution is 5.85. The molecule has 2 N–H and O–H groups in total. The van der Waals surface area contributed by atoms with Crippen molar-refractivity contribution in [2.24, 2.45) is 5.73 Å². The molecule has 1 nitrogen and oxygen atoms in total. The number of halogens is 1. The fourth-order valence-corrected chi connectivity index (χ4v) is 2.18. The fourth-order valence-electron chi connectivity index (χ4n) is 2.18. The van der Waals surface area contributed by atoms with E-state index >= 15 is 0 Å². The Labute approximate surface area is 97.8 Å². The molecule has 1 aliphatic carbocycles. The summed E-state index contributed by atoms with van der Waals surface area (Å²) < 4.78 is 0. The van der Waals surface area contributed by atoms with Gasteiger partial charge in [-0.3, -0.25) is 0 Å². The van der Waals surface area contributed by atoms with Crippen molar-refractivity contribution in [1.82, 2.24) is 0 Å². The van der Waals surface area contributed by atoms with Gasteiger partial charge in [0.25, 0.3) is 0 Å². The quantitative estimate of drug-likeness (QED) is 0.820. The number of allylic oxidation sites excluding steroid dienone is 1. The van der Waals surface area contributed by atoms with Crippen LogP contribution in [0.25, 0.3) is 6.08 Å². The molecule has 82 valence electrons. The summed E-state index contributed by atoms with van der Waals surface area (Å²) in [6.45, 7) is 4.43.